The van der Waals surface area contributed by atoms with E-state index in [1.165, 1.54) is 12.1 Å². The summed E-state index contributed by atoms with van der Waals surface area (Å²) in [5.41, 5.74) is 2.53. The van der Waals surface area contributed by atoms with Gasteiger partial charge in [0.2, 0.25) is 0 Å². The van der Waals surface area contributed by atoms with E-state index in [2.05, 4.69) is 31.7 Å². The Kier molecular flexibility index (Phi) is 6.66. The highest BCUT2D eigenvalue weighted by atomic mass is 79.9. The van der Waals surface area contributed by atoms with Crippen LogP contribution in [-0.4, -0.2) is 39.8 Å². The maximum absolute atomic E-state index is 12.4. The third-order valence-electron chi connectivity index (χ3n) is 4.36. The molecular weight excluding hydrogens is 436 g/mol. The molecule has 0 spiro atoms. The Labute approximate surface area is 176 Å². The number of nitrogens with zero attached hydrogens (tertiary/aromatic N) is 2. The van der Waals surface area contributed by atoms with E-state index < -0.39 is 0 Å². The Morgan fingerprint density at radius 1 is 1.07 bits per heavy atom. The number of amides is 2. The van der Waals surface area contributed by atoms with Crippen LogP contribution >= 0.6 is 15.9 Å². The van der Waals surface area contributed by atoms with Gasteiger partial charge < -0.3 is 15.7 Å². The molecule has 0 saturated carbocycles. The number of benzene rings is 2. The number of halogens is 1. The molecular formula is C21H21BrN4O3. The molecule has 0 aliphatic rings. The van der Waals surface area contributed by atoms with Gasteiger partial charge in [0.05, 0.1) is 23.1 Å². The Hall–Kier alpha value is -3.13. The molecule has 3 rings (SSSR count). The lowest BCUT2D eigenvalue weighted by Crippen LogP contribution is -2.30. The van der Waals surface area contributed by atoms with Crippen molar-refractivity contribution >= 4 is 27.7 Å². The van der Waals surface area contributed by atoms with Crippen molar-refractivity contribution < 1.29 is 14.7 Å². The summed E-state index contributed by atoms with van der Waals surface area (Å²) in [6.07, 6.45) is 2.13. The van der Waals surface area contributed by atoms with E-state index in [9.17, 15) is 14.7 Å². The second-order valence-electron chi connectivity index (χ2n) is 6.45. The fraction of sp³-hybridized carbons (Fsp3) is 0.190. The molecule has 0 saturated heterocycles. The zero-order chi connectivity index (χ0) is 20.8. The number of aromatic nitrogens is 2. The Morgan fingerprint density at radius 3 is 2.45 bits per heavy atom. The molecule has 8 heteroatoms. The minimum absolute atomic E-state index is 0.0453. The fourth-order valence-electron chi connectivity index (χ4n) is 2.81. The second-order valence-corrected chi connectivity index (χ2v) is 7.36. The molecule has 1 aromatic heterocycles. The summed E-state index contributed by atoms with van der Waals surface area (Å²) in [5, 5.41) is 19.3. The van der Waals surface area contributed by atoms with Crippen molar-refractivity contribution in [3.05, 3.63) is 76.0 Å². The average Bonchev–Trinajstić information content (AvgIpc) is 3.09. The third-order valence-corrected chi connectivity index (χ3v) is 4.89. The van der Waals surface area contributed by atoms with Gasteiger partial charge in [0.1, 0.15) is 5.75 Å². The monoisotopic (exact) mass is 456 g/mol. The molecule has 2 aromatic carbocycles. The summed E-state index contributed by atoms with van der Waals surface area (Å²) in [6, 6.07) is 13.8. The van der Waals surface area contributed by atoms with Crippen LogP contribution in [0.25, 0.3) is 5.69 Å². The summed E-state index contributed by atoms with van der Waals surface area (Å²) in [5.74, 6) is -0.423. The predicted octanol–water partition coefficient (Wildman–Crippen LogP) is 3.20. The fourth-order valence-corrected chi connectivity index (χ4v) is 3.08. The molecule has 3 N–H and O–H groups in total. The molecule has 3 aromatic rings. The molecule has 0 aliphatic carbocycles. The van der Waals surface area contributed by atoms with Crippen LogP contribution in [0.1, 0.15) is 32.8 Å². The summed E-state index contributed by atoms with van der Waals surface area (Å²) in [6.45, 7) is 2.67. The first-order chi connectivity index (χ1) is 14.0. The van der Waals surface area contributed by atoms with Gasteiger partial charge >= 0.3 is 0 Å². The maximum Gasteiger partial charge on any atom is 0.254 e. The third kappa shape index (κ3) is 5.23. The van der Waals surface area contributed by atoms with Gasteiger partial charge in [-0.15, -0.1) is 0 Å². The van der Waals surface area contributed by atoms with Gasteiger partial charge in [-0.05, 0) is 55.8 Å². The van der Waals surface area contributed by atoms with Crippen LogP contribution in [-0.2, 0) is 0 Å². The molecule has 7 nitrogen and oxygen atoms in total. The van der Waals surface area contributed by atoms with Gasteiger partial charge in [0.15, 0.2) is 0 Å². The van der Waals surface area contributed by atoms with E-state index in [-0.39, 0.29) is 17.6 Å². The smallest absolute Gasteiger partial charge is 0.254 e. The summed E-state index contributed by atoms with van der Waals surface area (Å²) < 4.78 is 2.69. The highest BCUT2D eigenvalue weighted by Crippen LogP contribution is 2.17. The molecule has 0 fully saturated rings. The minimum atomic E-state index is -0.265. The number of carbonyl (C=O) groups is 2. The van der Waals surface area contributed by atoms with Crippen molar-refractivity contribution in [2.24, 2.45) is 0 Å². The number of rotatable bonds is 7. The van der Waals surface area contributed by atoms with Crippen LogP contribution in [0, 0.1) is 6.92 Å². The minimum Gasteiger partial charge on any atom is -0.508 e. The predicted molar refractivity (Wildman–Crippen MR) is 113 cm³/mol. The van der Waals surface area contributed by atoms with Crippen LogP contribution in [0.3, 0.4) is 0 Å². The first-order valence-corrected chi connectivity index (χ1v) is 9.91. The number of aromatic hydroxyl groups is 1. The number of carbonyl (C=O) groups excluding carboxylic acids is 2. The van der Waals surface area contributed by atoms with E-state index >= 15 is 0 Å². The Balaban J connectivity index is 1.47. The van der Waals surface area contributed by atoms with Gasteiger partial charge in [-0.2, -0.15) is 5.10 Å². The van der Waals surface area contributed by atoms with E-state index in [1.807, 2.05) is 31.2 Å². The number of phenols is 1. The van der Waals surface area contributed by atoms with E-state index in [0.717, 1.165) is 15.9 Å². The van der Waals surface area contributed by atoms with Crippen molar-refractivity contribution in [3.8, 4) is 11.4 Å². The highest BCUT2D eigenvalue weighted by Gasteiger charge is 2.14. The standard InChI is InChI=1S/C21H21BrN4O3/c1-14-19(13-25-26(14)17-8-6-16(22)7-9-17)21(29)24-11-3-10-23-20(28)15-4-2-5-18(27)12-15/h2,4-9,12-13,27H,3,10-11H2,1H3,(H,23,28)(H,24,29). The summed E-state index contributed by atoms with van der Waals surface area (Å²) >= 11 is 3.40. The molecule has 29 heavy (non-hydrogen) atoms. The first-order valence-electron chi connectivity index (χ1n) is 9.11. The zero-order valence-electron chi connectivity index (χ0n) is 15.9. The highest BCUT2D eigenvalue weighted by molar-refractivity contribution is 9.10. The molecule has 150 valence electrons. The zero-order valence-corrected chi connectivity index (χ0v) is 17.4. The lowest BCUT2D eigenvalue weighted by molar-refractivity contribution is 0.0951. The van der Waals surface area contributed by atoms with Crippen LogP contribution in [0.4, 0.5) is 0 Å². The number of hydrogen-bond donors (Lipinski definition) is 3. The van der Waals surface area contributed by atoms with Crippen LogP contribution in [0.2, 0.25) is 0 Å². The number of nitrogens with one attached hydrogen (secondary N) is 2. The average molecular weight is 457 g/mol. The topological polar surface area (TPSA) is 96.2 Å². The maximum atomic E-state index is 12.4. The van der Waals surface area contributed by atoms with E-state index in [0.29, 0.717) is 30.6 Å². The molecule has 0 aliphatic heterocycles. The van der Waals surface area contributed by atoms with E-state index in [4.69, 9.17) is 0 Å². The normalized spacial score (nSPS) is 10.6. The lowest BCUT2D eigenvalue weighted by Gasteiger charge is -2.08. The van der Waals surface area contributed by atoms with Crippen LogP contribution in [0.5, 0.6) is 5.75 Å². The van der Waals surface area contributed by atoms with Crippen LogP contribution in [0.15, 0.2) is 59.2 Å². The molecule has 0 bridgehead atoms. The molecule has 2 amide bonds. The van der Waals surface area contributed by atoms with Gasteiger partial charge in [-0.3, -0.25) is 9.59 Å². The van der Waals surface area contributed by atoms with Gasteiger partial charge in [-0.25, -0.2) is 4.68 Å². The van der Waals surface area contributed by atoms with Gasteiger partial charge in [0, 0.05) is 23.1 Å². The summed E-state index contributed by atoms with van der Waals surface area (Å²) in [7, 11) is 0. The van der Waals surface area contributed by atoms with Gasteiger partial charge in [0.25, 0.3) is 11.8 Å². The SMILES string of the molecule is Cc1c(C(=O)NCCCNC(=O)c2cccc(O)c2)cnn1-c1ccc(Br)cc1. The van der Waals surface area contributed by atoms with Crippen LogP contribution < -0.4 is 10.6 Å². The molecule has 0 atom stereocenters. The van der Waals surface area contributed by atoms with Gasteiger partial charge in [-0.1, -0.05) is 22.0 Å². The van der Waals surface area contributed by atoms with Crippen molar-refractivity contribution in [1.29, 1.82) is 0 Å². The molecule has 1 heterocycles. The first kappa shape index (κ1) is 20.6. The van der Waals surface area contributed by atoms with Crippen molar-refractivity contribution in [2.75, 3.05) is 13.1 Å². The van der Waals surface area contributed by atoms with E-state index in [1.54, 1.807) is 23.0 Å². The van der Waals surface area contributed by atoms with Crippen molar-refractivity contribution in [1.82, 2.24) is 20.4 Å². The Morgan fingerprint density at radius 2 is 1.76 bits per heavy atom. The largest absolute Gasteiger partial charge is 0.508 e. The Bertz CT molecular complexity index is 1020. The number of phenolic OH excluding ortho intramolecular Hbond substituents is 1. The van der Waals surface area contributed by atoms with Crippen molar-refractivity contribution in [2.45, 2.75) is 13.3 Å². The molecule has 0 unspecified atom stereocenters. The van der Waals surface area contributed by atoms with Crippen molar-refractivity contribution in [3.63, 3.8) is 0 Å². The quantitative estimate of drug-likeness (QED) is 0.475. The molecule has 0 radical (unpaired) electrons. The number of hydrogen-bond acceptors (Lipinski definition) is 4. The lowest BCUT2D eigenvalue weighted by atomic mass is 10.2. The summed E-state index contributed by atoms with van der Waals surface area (Å²) in [4.78, 5) is 24.4. The second kappa shape index (κ2) is 9.38.